The van der Waals surface area contributed by atoms with Gasteiger partial charge in [-0.05, 0) is 37.1 Å². The molecule has 0 radical (unpaired) electrons. The predicted molar refractivity (Wildman–Crippen MR) is 132 cm³/mol. The Kier molecular flexibility index (Phi) is 6.66. The number of nitriles is 1. The molecule has 1 aromatic carbocycles. The quantitative estimate of drug-likeness (QED) is 0.548. The second-order valence-electron chi connectivity index (χ2n) is 8.87. The molecule has 2 aliphatic heterocycles. The number of benzene rings is 1. The van der Waals surface area contributed by atoms with Gasteiger partial charge in [0, 0.05) is 37.3 Å². The first-order valence-electron chi connectivity index (χ1n) is 11.6. The van der Waals surface area contributed by atoms with Crippen LogP contribution >= 0.6 is 11.6 Å². The molecule has 0 saturated carbocycles. The summed E-state index contributed by atoms with van der Waals surface area (Å²) in [6.45, 7) is 6.74. The Hall–Kier alpha value is -3.48. The number of aromatic nitrogens is 4. The molecular weight excluding hydrogens is 466 g/mol. The summed E-state index contributed by atoms with van der Waals surface area (Å²) in [5.74, 6) is 2.21. The molecule has 10 heteroatoms. The Morgan fingerprint density at radius 1 is 1.17 bits per heavy atom. The lowest BCUT2D eigenvalue weighted by Gasteiger charge is -2.46. The number of piperidine rings is 1. The average molecular weight is 492 g/mol. The van der Waals surface area contributed by atoms with Gasteiger partial charge in [0.2, 0.25) is 11.8 Å². The minimum Gasteiger partial charge on any atom is -0.473 e. The molecule has 35 heavy (non-hydrogen) atoms. The monoisotopic (exact) mass is 491 g/mol. The van der Waals surface area contributed by atoms with Crippen molar-refractivity contribution in [2.24, 2.45) is 11.8 Å². The summed E-state index contributed by atoms with van der Waals surface area (Å²) in [6, 6.07) is 7.17. The fourth-order valence-corrected chi connectivity index (χ4v) is 4.80. The SMILES string of the molecule is CCc1cnc(N2CC3COCC(C2)C3Oc2ncnc(Nc3ccc(C#N)cc3Cl)c2C)nc1. The molecule has 0 aliphatic carbocycles. The Bertz CT molecular complexity index is 1230. The first-order valence-corrected chi connectivity index (χ1v) is 12.0. The molecule has 2 aliphatic rings. The summed E-state index contributed by atoms with van der Waals surface area (Å²) in [5.41, 5.74) is 3.07. The van der Waals surface area contributed by atoms with Crippen molar-refractivity contribution in [3.63, 3.8) is 0 Å². The topological polar surface area (TPSA) is 109 Å². The fraction of sp³-hybridized carbons (Fsp3) is 0.400. The van der Waals surface area contributed by atoms with E-state index in [4.69, 9.17) is 26.3 Å². The lowest BCUT2D eigenvalue weighted by atomic mass is 9.84. The second-order valence-corrected chi connectivity index (χ2v) is 9.28. The first-order chi connectivity index (χ1) is 17.1. The molecule has 2 aromatic heterocycles. The van der Waals surface area contributed by atoms with Crippen LogP contribution in [0.3, 0.4) is 0 Å². The van der Waals surface area contributed by atoms with E-state index < -0.39 is 0 Å². The van der Waals surface area contributed by atoms with E-state index in [1.54, 1.807) is 18.2 Å². The number of fused-ring (bicyclic) bond motifs is 2. The minimum absolute atomic E-state index is 0.0325. The third-order valence-electron chi connectivity index (χ3n) is 6.52. The standard InChI is InChI=1S/C25H26ClN7O2/c1-3-16-8-28-25(29-9-16)33-10-18-12-34-13-19(11-33)22(18)35-24-15(2)23(30-14-31-24)32-21-5-4-17(7-27)6-20(21)26/h4-6,8-9,14,18-19,22H,3,10-13H2,1-2H3,(H,30,31,32). The molecule has 0 amide bonds. The van der Waals surface area contributed by atoms with Gasteiger partial charge >= 0.3 is 0 Å². The van der Waals surface area contributed by atoms with Crippen LogP contribution in [-0.4, -0.2) is 52.3 Å². The lowest BCUT2D eigenvalue weighted by Crippen LogP contribution is -2.58. The van der Waals surface area contributed by atoms with E-state index in [-0.39, 0.29) is 17.9 Å². The molecule has 2 saturated heterocycles. The number of nitrogens with one attached hydrogen (secondary N) is 1. The van der Waals surface area contributed by atoms with Crippen LogP contribution in [0.25, 0.3) is 0 Å². The van der Waals surface area contributed by atoms with E-state index in [1.165, 1.54) is 6.33 Å². The Labute approximate surface area is 209 Å². The smallest absolute Gasteiger partial charge is 0.225 e. The first kappa shape index (κ1) is 23.3. The maximum absolute atomic E-state index is 9.06. The number of ether oxygens (including phenoxy) is 2. The molecule has 3 aromatic rings. The molecule has 0 spiro atoms. The molecule has 4 heterocycles. The summed E-state index contributed by atoms with van der Waals surface area (Å²) in [7, 11) is 0. The number of anilines is 3. The van der Waals surface area contributed by atoms with Crippen molar-refractivity contribution in [3.05, 3.63) is 58.6 Å². The van der Waals surface area contributed by atoms with Crippen LogP contribution in [-0.2, 0) is 11.2 Å². The van der Waals surface area contributed by atoms with Gasteiger partial charge in [-0.15, -0.1) is 0 Å². The van der Waals surface area contributed by atoms with E-state index in [2.05, 4.69) is 43.1 Å². The van der Waals surface area contributed by atoms with Gasteiger partial charge in [0.1, 0.15) is 18.2 Å². The largest absolute Gasteiger partial charge is 0.473 e. The molecule has 2 bridgehead atoms. The van der Waals surface area contributed by atoms with Crippen LogP contribution in [0.4, 0.5) is 17.5 Å². The maximum atomic E-state index is 9.06. The number of halogens is 1. The van der Waals surface area contributed by atoms with Crippen LogP contribution in [0, 0.1) is 30.1 Å². The third-order valence-corrected chi connectivity index (χ3v) is 6.84. The molecule has 9 nitrogen and oxygen atoms in total. The fourth-order valence-electron chi connectivity index (χ4n) is 4.57. The van der Waals surface area contributed by atoms with Gasteiger partial charge in [-0.3, -0.25) is 0 Å². The van der Waals surface area contributed by atoms with Gasteiger partial charge in [-0.25, -0.2) is 19.9 Å². The van der Waals surface area contributed by atoms with Crippen molar-refractivity contribution >= 4 is 29.1 Å². The predicted octanol–water partition coefficient (Wildman–Crippen LogP) is 3.94. The van der Waals surface area contributed by atoms with Gasteiger partial charge in [0.15, 0.2) is 0 Å². The summed E-state index contributed by atoms with van der Waals surface area (Å²) in [4.78, 5) is 20.2. The van der Waals surface area contributed by atoms with E-state index >= 15 is 0 Å². The van der Waals surface area contributed by atoms with Crippen molar-refractivity contribution < 1.29 is 9.47 Å². The Morgan fingerprint density at radius 2 is 1.91 bits per heavy atom. The second kappa shape index (κ2) is 10.0. The van der Waals surface area contributed by atoms with Crippen molar-refractivity contribution in [1.82, 2.24) is 19.9 Å². The zero-order valence-corrected chi connectivity index (χ0v) is 20.4. The number of hydrogen-bond donors (Lipinski definition) is 1. The van der Waals surface area contributed by atoms with Crippen molar-refractivity contribution in [2.45, 2.75) is 26.4 Å². The van der Waals surface area contributed by atoms with Crippen molar-refractivity contribution in [3.8, 4) is 11.9 Å². The maximum Gasteiger partial charge on any atom is 0.225 e. The minimum atomic E-state index is -0.0325. The van der Waals surface area contributed by atoms with Crippen LogP contribution in [0.15, 0.2) is 36.9 Å². The van der Waals surface area contributed by atoms with E-state index in [1.807, 2.05) is 19.3 Å². The molecule has 2 unspecified atom stereocenters. The highest BCUT2D eigenvalue weighted by Gasteiger charge is 2.43. The lowest BCUT2D eigenvalue weighted by molar-refractivity contribution is -0.0771. The average Bonchev–Trinajstić information content (AvgIpc) is 2.87. The Balaban J connectivity index is 1.32. The highest BCUT2D eigenvalue weighted by Crippen LogP contribution is 2.35. The van der Waals surface area contributed by atoms with Crippen LogP contribution in [0.1, 0.15) is 23.6 Å². The van der Waals surface area contributed by atoms with E-state index in [9.17, 15) is 0 Å². The van der Waals surface area contributed by atoms with Crippen LogP contribution in [0.5, 0.6) is 5.88 Å². The third kappa shape index (κ3) is 4.85. The van der Waals surface area contributed by atoms with Gasteiger partial charge in [0.05, 0.1) is 41.1 Å². The normalized spacial score (nSPS) is 21.3. The van der Waals surface area contributed by atoms with Crippen LogP contribution < -0.4 is 15.0 Å². The summed E-state index contributed by atoms with van der Waals surface area (Å²) in [5, 5.41) is 12.7. The van der Waals surface area contributed by atoms with Gasteiger partial charge in [0.25, 0.3) is 0 Å². The Morgan fingerprint density at radius 3 is 2.57 bits per heavy atom. The van der Waals surface area contributed by atoms with Gasteiger partial charge < -0.3 is 19.7 Å². The molecule has 1 N–H and O–H groups in total. The van der Waals surface area contributed by atoms with E-state index in [0.717, 1.165) is 36.6 Å². The van der Waals surface area contributed by atoms with Crippen molar-refractivity contribution in [1.29, 1.82) is 5.26 Å². The molecule has 5 rings (SSSR count). The summed E-state index contributed by atoms with van der Waals surface area (Å²) in [6.07, 6.45) is 6.16. The summed E-state index contributed by atoms with van der Waals surface area (Å²) >= 11 is 6.33. The number of rotatable bonds is 6. The van der Waals surface area contributed by atoms with Crippen molar-refractivity contribution in [2.75, 3.05) is 36.5 Å². The highest BCUT2D eigenvalue weighted by atomic mass is 35.5. The number of nitrogens with zero attached hydrogens (tertiary/aromatic N) is 6. The number of hydrogen-bond acceptors (Lipinski definition) is 9. The molecule has 180 valence electrons. The zero-order valence-electron chi connectivity index (χ0n) is 19.6. The zero-order chi connectivity index (χ0) is 24.4. The van der Waals surface area contributed by atoms with Crippen LogP contribution in [0.2, 0.25) is 5.02 Å². The summed E-state index contributed by atoms with van der Waals surface area (Å²) < 4.78 is 12.4. The molecule has 2 atom stereocenters. The van der Waals surface area contributed by atoms with Gasteiger partial charge in [-0.1, -0.05) is 18.5 Å². The molecular formula is C25H26ClN7O2. The number of aryl methyl sites for hydroxylation is 1. The van der Waals surface area contributed by atoms with E-state index in [0.29, 0.717) is 41.2 Å². The molecule has 2 fully saturated rings. The van der Waals surface area contributed by atoms with Gasteiger partial charge in [-0.2, -0.15) is 5.26 Å². The highest BCUT2D eigenvalue weighted by molar-refractivity contribution is 6.33.